The maximum Gasteiger partial charge on any atom is 0.416 e. The number of amides is 2. The molecule has 0 saturated heterocycles. The summed E-state index contributed by atoms with van der Waals surface area (Å²) in [5.41, 5.74) is 1.54. The smallest absolute Gasteiger partial charge is 0.351 e. The molecule has 49 heavy (non-hydrogen) atoms. The summed E-state index contributed by atoms with van der Waals surface area (Å²) >= 11 is 0. The Morgan fingerprint density at radius 2 is 1.67 bits per heavy atom. The summed E-state index contributed by atoms with van der Waals surface area (Å²) in [5, 5.41) is 16.1. The monoisotopic (exact) mass is 671 g/mol. The molecular weight excluding hydrogens is 635 g/mol. The number of alkyl halides is 3. The van der Waals surface area contributed by atoms with Crippen molar-refractivity contribution in [1.29, 1.82) is 0 Å². The summed E-state index contributed by atoms with van der Waals surface area (Å²) in [5.74, 6) is -0.794. The Morgan fingerprint density at radius 3 is 2.35 bits per heavy atom. The SMILES string of the molecule is CC[C@H](C)[C@@H](CN(Cc1cccc2ccccc12)C(=O)c1ccc(C(F)(F)F)cc1)NC(=O)Cc1cncn1Cc1ccc([N+](=O)[O-])cc1. The normalized spacial score (nSPS) is 12.8. The van der Waals surface area contributed by atoms with Gasteiger partial charge in [-0.2, -0.15) is 13.2 Å². The molecule has 0 fully saturated rings. The van der Waals surface area contributed by atoms with E-state index in [0.29, 0.717) is 18.7 Å². The fourth-order valence-corrected chi connectivity index (χ4v) is 5.71. The van der Waals surface area contributed by atoms with Gasteiger partial charge in [-0.15, -0.1) is 0 Å². The number of non-ortho nitro benzene ring substituents is 1. The van der Waals surface area contributed by atoms with E-state index in [9.17, 15) is 32.9 Å². The van der Waals surface area contributed by atoms with Gasteiger partial charge in [-0.1, -0.05) is 74.9 Å². The van der Waals surface area contributed by atoms with Crippen LogP contribution in [0.1, 0.15) is 53.0 Å². The molecule has 5 rings (SSSR count). The lowest BCUT2D eigenvalue weighted by Gasteiger charge is -2.32. The second-order valence-corrected chi connectivity index (χ2v) is 12.1. The first-order valence-corrected chi connectivity index (χ1v) is 15.9. The summed E-state index contributed by atoms with van der Waals surface area (Å²) in [4.78, 5) is 43.8. The first-order valence-electron chi connectivity index (χ1n) is 15.9. The highest BCUT2D eigenvalue weighted by Gasteiger charge is 2.31. The number of fused-ring (bicyclic) bond motifs is 1. The van der Waals surface area contributed by atoms with Crippen LogP contribution in [0.2, 0.25) is 0 Å². The molecule has 2 atom stereocenters. The maximum absolute atomic E-state index is 14.0. The predicted molar refractivity (Wildman–Crippen MR) is 180 cm³/mol. The molecule has 0 radical (unpaired) electrons. The topological polar surface area (TPSA) is 110 Å². The number of aromatic nitrogens is 2. The van der Waals surface area contributed by atoms with E-state index in [-0.39, 0.29) is 42.6 Å². The number of nitrogens with one attached hydrogen (secondary N) is 1. The quantitative estimate of drug-likeness (QED) is 0.103. The molecule has 0 aliphatic carbocycles. The molecule has 0 unspecified atom stereocenters. The predicted octanol–water partition coefficient (Wildman–Crippen LogP) is 7.43. The van der Waals surface area contributed by atoms with Crippen LogP contribution in [0.4, 0.5) is 18.9 Å². The van der Waals surface area contributed by atoms with Crippen LogP contribution in [0.15, 0.2) is 104 Å². The molecule has 1 heterocycles. The van der Waals surface area contributed by atoms with Crippen LogP contribution in [0.25, 0.3) is 10.8 Å². The van der Waals surface area contributed by atoms with E-state index in [1.165, 1.54) is 24.3 Å². The average molecular weight is 672 g/mol. The number of nitrogens with zero attached hydrogens (tertiary/aromatic N) is 4. The lowest BCUT2D eigenvalue weighted by Crippen LogP contribution is -2.49. The van der Waals surface area contributed by atoms with Gasteiger partial charge in [0.15, 0.2) is 0 Å². The molecule has 254 valence electrons. The van der Waals surface area contributed by atoms with Crippen molar-refractivity contribution in [3.8, 4) is 0 Å². The zero-order valence-corrected chi connectivity index (χ0v) is 27.1. The number of benzene rings is 4. The Labute approximate surface area is 281 Å². The van der Waals surface area contributed by atoms with E-state index in [0.717, 1.165) is 34.0 Å². The third-order valence-electron chi connectivity index (χ3n) is 8.72. The first-order chi connectivity index (χ1) is 23.4. The van der Waals surface area contributed by atoms with Gasteiger partial charge in [-0.05, 0) is 52.1 Å². The lowest BCUT2D eigenvalue weighted by molar-refractivity contribution is -0.384. The molecule has 1 aromatic heterocycles. The summed E-state index contributed by atoms with van der Waals surface area (Å²) in [6.45, 7) is 4.60. The van der Waals surface area contributed by atoms with Gasteiger partial charge >= 0.3 is 6.18 Å². The third kappa shape index (κ3) is 8.69. The molecule has 1 N–H and O–H groups in total. The minimum absolute atomic E-state index is 0.00388. The number of carbonyl (C=O) groups is 2. The molecule has 9 nitrogen and oxygen atoms in total. The van der Waals surface area contributed by atoms with Gasteiger partial charge in [0.2, 0.25) is 5.91 Å². The summed E-state index contributed by atoms with van der Waals surface area (Å²) in [6.07, 6.45) is -0.669. The summed E-state index contributed by atoms with van der Waals surface area (Å²) in [6, 6.07) is 23.4. The van der Waals surface area contributed by atoms with Gasteiger partial charge < -0.3 is 14.8 Å². The largest absolute Gasteiger partial charge is 0.416 e. The Balaban J connectivity index is 1.37. The molecule has 2 amide bonds. The van der Waals surface area contributed by atoms with Gasteiger partial charge in [0.1, 0.15) is 0 Å². The number of carbonyl (C=O) groups excluding carboxylic acids is 2. The molecule has 5 aromatic rings. The Kier molecular flexibility index (Phi) is 10.8. The number of imidazole rings is 1. The van der Waals surface area contributed by atoms with Crippen molar-refractivity contribution >= 4 is 28.3 Å². The van der Waals surface area contributed by atoms with Crippen LogP contribution in [0, 0.1) is 16.0 Å². The van der Waals surface area contributed by atoms with Crippen molar-refractivity contribution in [2.45, 2.75) is 52.0 Å². The zero-order valence-electron chi connectivity index (χ0n) is 27.1. The lowest BCUT2D eigenvalue weighted by atomic mass is 9.97. The van der Waals surface area contributed by atoms with Crippen molar-refractivity contribution in [3.05, 3.63) is 142 Å². The second-order valence-electron chi connectivity index (χ2n) is 12.1. The second kappa shape index (κ2) is 15.1. The van der Waals surface area contributed by atoms with Crippen molar-refractivity contribution in [3.63, 3.8) is 0 Å². The van der Waals surface area contributed by atoms with Crippen LogP contribution in [0.3, 0.4) is 0 Å². The molecular formula is C37H36F3N5O4. The van der Waals surface area contributed by atoms with E-state index in [2.05, 4.69) is 10.3 Å². The van der Waals surface area contributed by atoms with Crippen LogP contribution in [-0.4, -0.2) is 43.8 Å². The molecule has 0 saturated carbocycles. The highest BCUT2D eigenvalue weighted by Crippen LogP contribution is 2.30. The highest BCUT2D eigenvalue weighted by atomic mass is 19.4. The van der Waals surface area contributed by atoms with Crippen molar-refractivity contribution < 1.29 is 27.7 Å². The number of hydrogen-bond acceptors (Lipinski definition) is 5. The summed E-state index contributed by atoms with van der Waals surface area (Å²) < 4.78 is 41.6. The molecule has 4 aromatic carbocycles. The number of nitro groups is 1. The van der Waals surface area contributed by atoms with E-state index < -0.39 is 28.6 Å². The number of nitro benzene ring substituents is 1. The van der Waals surface area contributed by atoms with Crippen LogP contribution in [-0.2, 0) is 30.5 Å². The summed E-state index contributed by atoms with van der Waals surface area (Å²) in [7, 11) is 0. The molecule has 0 aliphatic heterocycles. The van der Waals surface area contributed by atoms with E-state index in [1.807, 2.05) is 56.3 Å². The van der Waals surface area contributed by atoms with Gasteiger partial charge in [-0.3, -0.25) is 19.7 Å². The van der Waals surface area contributed by atoms with Gasteiger partial charge in [0, 0.05) is 55.3 Å². The van der Waals surface area contributed by atoms with Crippen molar-refractivity contribution in [1.82, 2.24) is 19.8 Å². The van der Waals surface area contributed by atoms with E-state index in [4.69, 9.17) is 0 Å². The highest BCUT2D eigenvalue weighted by molar-refractivity contribution is 5.95. The van der Waals surface area contributed by atoms with Crippen molar-refractivity contribution in [2.75, 3.05) is 6.54 Å². The van der Waals surface area contributed by atoms with Gasteiger partial charge in [0.25, 0.3) is 11.6 Å². The fourth-order valence-electron chi connectivity index (χ4n) is 5.71. The minimum atomic E-state index is -4.53. The van der Waals surface area contributed by atoms with E-state index in [1.54, 1.807) is 34.1 Å². The Hall–Kier alpha value is -5.52. The van der Waals surface area contributed by atoms with Gasteiger partial charge in [0.05, 0.1) is 23.2 Å². The number of hydrogen-bond donors (Lipinski definition) is 1. The van der Waals surface area contributed by atoms with E-state index >= 15 is 0 Å². The Morgan fingerprint density at radius 1 is 0.980 bits per heavy atom. The molecule has 0 spiro atoms. The minimum Gasteiger partial charge on any atom is -0.351 e. The number of halogens is 3. The first kappa shape index (κ1) is 34.8. The van der Waals surface area contributed by atoms with Crippen LogP contribution in [0.5, 0.6) is 0 Å². The average Bonchev–Trinajstić information content (AvgIpc) is 3.52. The Bertz CT molecular complexity index is 1920. The fraction of sp³-hybridized carbons (Fsp3) is 0.270. The molecule has 12 heteroatoms. The van der Waals surface area contributed by atoms with Gasteiger partial charge in [-0.25, -0.2) is 4.98 Å². The molecule has 0 aliphatic rings. The van der Waals surface area contributed by atoms with Crippen molar-refractivity contribution in [2.24, 2.45) is 5.92 Å². The van der Waals surface area contributed by atoms with Crippen LogP contribution < -0.4 is 5.32 Å². The standard InChI is InChI=1S/C37H36F3N5O4/c1-3-25(2)34(42-35(46)19-32-20-41-24-44(32)21-26-11-17-31(18-12-26)45(48)49)23-43(22-29-9-6-8-27-7-4-5-10-33(27)29)36(47)28-13-15-30(16-14-28)37(38,39)40/h4-18,20,24-25,34H,3,19,21-23H2,1-2H3,(H,42,46)/t25-,34+/m0/s1. The van der Waals surface area contributed by atoms with Crippen LogP contribution >= 0.6 is 0 Å². The molecule has 0 bridgehead atoms. The number of rotatable bonds is 13. The maximum atomic E-state index is 14.0. The zero-order chi connectivity index (χ0) is 35.1. The third-order valence-corrected chi connectivity index (χ3v) is 8.72.